The molecular formula is C23H28FN5O3S. The molecule has 10 heteroatoms. The maximum atomic E-state index is 14.9. The number of carbonyl (C=O) groups excluding carboxylic acids is 1. The molecule has 176 valence electrons. The van der Waals surface area contributed by atoms with E-state index in [-0.39, 0.29) is 11.7 Å². The largest absolute Gasteiger partial charge is 0.496 e. The number of anilines is 1. The number of carbonyl (C=O) groups is 1. The van der Waals surface area contributed by atoms with Crippen molar-refractivity contribution in [2.24, 2.45) is 0 Å². The molecule has 0 radical (unpaired) electrons. The highest BCUT2D eigenvalue weighted by Crippen LogP contribution is 2.36. The van der Waals surface area contributed by atoms with Crippen LogP contribution in [0.15, 0.2) is 30.6 Å². The second-order valence-corrected chi connectivity index (χ2v) is 8.56. The van der Waals surface area contributed by atoms with Gasteiger partial charge in [0.25, 0.3) is 5.91 Å². The number of amides is 1. The fourth-order valence-electron chi connectivity index (χ4n) is 3.84. The summed E-state index contributed by atoms with van der Waals surface area (Å²) < 4.78 is 30.6. The Bertz CT molecular complexity index is 1150. The lowest BCUT2D eigenvalue weighted by Crippen LogP contribution is -2.46. The van der Waals surface area contributed by atoms with Crippen LogP contribution in [0, 0.1) is 5.82 Å². The number of pyridine rings is 1. The molecule has 3 aromatic rings. The van der Waals surface area contributed by atoms with E-state index in [1.807, 2.05) is 6.07 Å². The van der Waals surface area contributed by atoms with Crippen molar-refractivity contribution < 1.29 is 18.7 Å². The summed E-state index contributed by atoms with van der Waals surface area (Å²) in [6, 6.07) is 4.98. The lowest BCUT2D eigenvalue weighted by atomic mass is 10.1. The van der Waals surface area contributed by atoms with Crippen LogP contribution in [0.2, 0.25) is 0 Å². The Morgan fingerprint density at radius 2 is 2.03 bits per heavy atom. The lowest BCUT2D eigenvalue weighted by Gasteiger charge is -2.28. The number of halogens is 1. The number of hydrogen-bond donors (Lipinski definition) is 2. The van der Waals surface area contributed by atoms with Crippen LogP contribution in [0.1, 0.15) is 23.7 Å². The minimum Gasteiger partial charge on any atom is -0.496 e. The summed E-state index contributed by atoms with van der Waals surface area (Å²) in [7, 11) is 2.98. The number of hydrogen-bond acceptors (Lipinski definition) is 7. The third kappa shape index (κ3) is 4.72. The van der Waals surface area contributed by atoms with Gasteiger partial charge in [0, 0.05) is 49.8 Å². The molecule has 0 aliphatic carbocycles. The van der Waals surface area contributed by atoms with Crippen LogP contribution in [0.3, 0.4) is 0 Å². The van der Waals surface area contributed by atoms with Gasteiger partial charge in [-0.2, -0.15) is 0 Å². The average molecular weight is 474 g/mol. The quantitative estimate of drug-likeness (QED) is 0.382. The minimum absolute atomic E-state index is 0.103. The van der Waals surface area contributed by atoms with Gasteiger partial charge in [-0.25, -0.2) is 9.37 Å². The first-order valence-electron chi connectivity index (χ1n) is 10.9. The summed E-state index contributed by atoms with van der Waals surface area (Å²) in [5.41, 5.74) is 2.87. The van der Waals surface area contributed by atoms with Crippen molar-refractivity contribution >= 4 is 29.2 Å². The topological polar surface area (TPSA) is 80.1 Å². The molecule has 0 unspecified atom stereocenters. The molecule has 4 rings (SSSR count). The van der Waals surface area contributed by atoms with Gasteiger partial charge in [0.15, 0.2) is 11.6 Å². The SMILES string of the molecule is CCCSNc1cc(-c2cnc3cc(OC)c(C(=O)N4CCNCC4)cn23)cc(F)c1OC. The van der Waals surface area contributed by atoms with Crippen LogP contribution < -0.4 is 19.5 Å². The number of benzene rings is 1. The molecule has 1 saturated heterocycles. The number of piperazine rings is 1. The van der Waals surface area contributed by atoms with E-state index in [0.717, 1.165) is 25.3 Å². The minimum atomic E-state index is -0.477. The fraction of sp³-hybridized carbons (Fsp3) is 0.391. The Morgan fingerprint density at radius 1 is 1.24 bits per heavy atom. The summed E-state index contributed by atoms with van der Waals surface area (Å²) in [5.74, 6) is 0.918. The zero-order valence-corrected chi connectivity index (χ0v) is 19.8. The van der Waals surface area contributed by atoms with E-state index in [9.17, 15) is 9.18 Å². The van der Waals surface area contributed by atoms with Crippen LogP contribution >= 0.6 is 11.9 Å². The molecule has 8 nitrogen and oxygen atoms in total. The summed E-state index contributed by atoms with van der Waals surface area (Å²) in [6.07, 6.45) is 4.38. The van der Waals surface area contributed by atoms with Crippen molar-refractivity contribution in [2.75, 3.05) is 50.9 Å². The molecule has 0 atom stereocenters. The Morgan fingerprint density at radius 3 is 2.73 bits per heavy atom. The molecule has 3 heterocycles. The molecule has 1 aliphatic rings. The summed E-state index contributed by atoms with van der Waals surface area (Å²) in [4.78, 5) is 19.5. The zero-order chi connectivity index (χ0) is 23.4. The van der Waals surface area contributed by atoms with E-state index < -0.39 is 5.82 Å². The summed E-state index contributed by atoms with van der Waals surface area (Å²) in [6.45, 7) is 4.85. The van der Waals surface area contributed by atoms with Gasteiger partial charge >= 0.3 is 0 Å². The molecule has 2 aromatic heterocycles. The number of nitrogens with one attached hydrogen (secondary N) is 2. The zero-order valence-electron chi connectivity index (χ0n) is 19.0. The third-order valence-corrected chi connectivity index (χ3v) is 6.47. The molecule has 0 saturated carbocycles. The molecule has 33 heavy (non-hydrogen) atoms. The van der Waals surface area contributed by atoms with Gasteiger partial charge in [0.1, 0.15) is 11.4 Å². The normalized spacial score (nSPS) is 13.9. The Hall–Kier alpha value is -2.98. The summed E-state index contributed by atoms with van der Waals surface area (Å²) in [5, 5.41) is 3.25. The first-order chi connectivity index (χ1) is 16.1. The van der Waals surface area contributed by atoms with Gasteiger partial charge in [0.05, 0.1) is 37.4 Å². The number of nitrogens with zero attached hydrogens (tertiary/aromatic N) is 3. The highest BCUT2D eigenvalue weighted by molar-refractivity contribution is 8.00. The van der Waals surface area contributed by atoms with Crippen LogP contribution in [-0.4, -0.2) is 66.3 Å². The first kappa shape index (κ1) is 23.2. The van der Waals surface area contributed by atoms with Crippen molar-refractivity contribution in [1.29, 1.82) is 0 Å². The summed E-state index contributed by atoms with van der Waals surface area (Å²) >= 11 is 1.49. The predicted molar refractivity (Wildman–Crippen MR) is 129 cm³/mol. The molecule has 1 amide bonds. The molecule has 1 fully saturated rings. The van der Waals surface area contributed by atoms with Gasteiger partial charge in [0.2, 0.25) is 0 Å². The van der Waals surface area contributed by atoms with Crippen LogP contribution in [0.25, 0.3) is 16.9 Å². The lowest BCUT2D eigenvalue weighted by molar-refractivity contribution is 0.0732. The molecular weight excluding hydrogens is 445 g/mol. The van der Waals surface area contributed by atoms with Crippen molar-refractivity contribution in [3.8, 4) is 22.8 Å². The third-order valence-electron chi connectivity index (χ3n) is 5.50. The van der Waals surface area contributed by atoms with Gasteiger partial charge < -0.3 is 24.4 Å². The highest BCUT2D eigenvalue weighted by atomic mass is 32.2. The maximum Gasteiger partial charge on any atom is 0.259 e. The van der Waals surface area contributed by atoms with Crippen molar-refractivity contribution in [3.05, 3.63) is 42.0 Å². The molecule has 2 N–H and O–H groups in total. The molecule has 0 spiro atoms. The molecule has 1 aromatic carbocycles. The number of aromatic nitrogens is 2. The highest BCUT2D eigenvalue weighted by Gasteiger charge is 2.23. The van der Waals surface area contributed by atoms with E-state index in [1.54, 1.807) is 27.8 Å². The van der Waals surface area contributed by atoms with E-state index in [2.05, 4.69) is 21.9 Å². The number of imidazole rings is 1. The molecule has 1 aliphatic heterocycles. The Balaban J connectivity index is 1.77. The van der Waals surface area contributed by atoms with Crippen molar-refractivity contribution in [2.45, 2.75) is 13.3 Å². The number of fused-ring (bicyclic) bond motifs is 1. The van der Waals surface area contributed by atoms with E-state index in [0.29, 0.717) is 47.0 Å². The van der Waals surface area contributed by atoms with Crippen molar-refractivity contribution in [1.82, 2.24) is 19.6 Å². The first-order valence-corrected chi connectivity index (χ1v) is 11.9. The fourth-order valence-corrected chi connectivity index (χ4v) is 4.46. The van der Waals surface area contributed by atoms with Crippen LogP contribution in [-0.2, 0) is 0 Å². The second-order valence-electron chi connectivity index (χ2n) is 7.66. The predicted octanol–water partition coefficient (Wildman–Crippen LogP) is 3.67. The van der Waals surface area contributed by atoms with E-state index >= 15 is 0 Å². The van der Waals surface area contributed by atoms with Gasteiger partial charge in [-0.1, -0.05) is 18.9 Å². The standard InChI is InChI=1S/C23H28FN5O3S/c1-4-9-33-27-18-11-15(10-17(24)22(18)32-3)19-13-26-21-12-20(31-2)16(14-29(19)21)23(30)28-7-5-25-6-8-28/h10-14,25,27H,4-9H2,1-3H3. The van der Waals surface area contributed by atoms with Crippen molar-refractivity contribution in [3.63, 3.8) is 0 Å². The van der Waals surface area contributed by atoms with Crippen LogP contribution in [0.5, 0.6) is 11.5 Å². The smallest absolute Gasteiger partial charge is 0.259 e. The Labute approximate surface area is 196 Å². The number of rotatable bonds is 8. The monoisotopic (exact) mass is 473 g/mol. The van der Waals surface area contributed by atoms with Crippen LogP contribution in [0.4, 0.5) is 10.1 Å². The number of methoxy groups -OCH3 is 2. The maximum absolute atomic E-state index is 14.9. The van der Waals surface area contributed by atoms with Gasteiger partial charge in [-0.3, -0.25) is 9.20 Å². The van der Waals surface area contributed by atoms with Gasteiger partial charge in [-0.15, -0.1) is 0 Å². The average Bonchev–Trinajstić information content (AvgIpc) is 3.26. The molecule has 0 bridgehead atoms. The second kappa shape index (κ2) is 10.3. The Kier molecular flexibility index (Phi) is 7.24. The van der Waals surface area contributed by atoms with E-state index in [1.165, 1.54) is 32.2 Å². The number of ether oxygens (including phenoxy) is 2. The van der Waals surface area contributed by atoms with E-state index in [4.69, 9.17) is 9.47 Å². The van der Waals surface area contributed by atoms with Gasteiger partial charge in [-0.05, 0) is 18.6 Å².